The first kappa shape index (κ1) is 14.6. The smallest absolute Gasteiger partial charge is 0.242 e. The van der Waals surface area contributed by atoms with E-state index in [4.69, 9.17) is 11.6 Å². The van der Waals surface area contributed by atoms with Crippen LogP contribution in [0.5, 0.6) is 0 Å². The monoisotopic (exact) mass is 291 g/mol. The molecule has 1 N–H and O–H groups in total. The number of halogens is 1. The van der Waals surface area contributed by atoms with Crippen LogP contribution in [0.1, 0.15) is 29.7 Å². The van der Waals surface area contributed by atoms with Crippen molar-refractivity contribution in [1.82, 2.24) is 15.1 Å². The zero-order valence-electron chi connectivity index (χ0n) is 11.9. The highest BCUT2D eigenvalue weighted by Gasteiger charge is 2.11. The third-order valence-electron chi connectivity index (χ3n) is 3.32. The second-order valence-corrected chi connectivity index (χ2v) is 5.43. The number of aromatic nitrogens is 2. The highest BCUT2D eigenvalue weighted by Crippen LogP contribution is 2.16. The van der Waals surface area contributed by atoms with Crippen molar-refractivity contribution in [3.8, 4) is 0 Å². The zero-order valence-corrected chi connectivity index (χ0v) is 12.6. The molecule has 4 nitrogen and oxygen atoms in total. The van der Waals surface area contributed by atoms with Gasteiger partial charge in [0.05, 0.1) is 17.3 Å². The summed E-state index contributed by atoms with van der Waals surface area (Å²) in [7, 11) is 0. The third-order valence-corrected chi connectivity index (χ3v) is 3.51. The van der Waals surface area contributed by atoms with Crippen LogP contribution in [0.2, 0.25) is 5.02 Å². The maximum atomic E-state index is 11.9. The number of carbonyl (C=O) groups is 1. The van der Waals surface area contributed by atoms with Crippen LogP contribution in [-0.2, 0) is 11.3 Å². The van der Waals surface area contributed by atoms with E-state index in [-0.39, 0.29) is 18.5 Å². The molecular formula is C15H18ClN3O. The first-order valence-electron chi connectivity index (χ1n) is 6.50. The molecule has 0 fully saturated rings. The molecule has 0 spiro atoms. The van der Waals surface area contributed by atoms with Gasteiger partial charge in [0.25, 0.3) is 0 Å². The zero-order chi connectivity index (χ0) is 14.7. The molecular weight excluding hydrogens is 274 g/mol. The predicted octanol–water partition coefficient (Wildman–Crippen LogP) is 3.03. The SMILES string of the molecule is Cc1ccc(C(C)NC(=O)Cn2cc(Cl)cn2)cc1C. The summed E-state index contributed by atoms with van der Waals surface area (Å²) in [5.41, 5.74) is 3.57. The van der Waals surface area contributed by atoms with Crippen molar-refractivity contribution in [2.45, 2.75) is 33.4 Å². The van der Waals surface area contributed by atoms with Gasteiger partial charge in [-0.15, -0.1) is 0 Å². The molecule has 1 amide bonds. The molecule has 1 heterocycles. The van der Waals surface area contributed by atoms with Crippen LogP contribution in [-0.4, -0.2) is 15.7 Å². The number of hydrogen-bond acceptors (Lipinski definition) is 2. The van der Waals surface area contributed by atoms with E-state index in [1.165, 1.54) is 22.0 Å². The van der Waals surface area contributed by atoms with Gasteiger partial charge in [0, 0.05) is 6.20 Å². The molecule has 0 aliphatic rings. The number of hydrogen-bond donors (Lipinski definition) is 1. The Hall–Kier alpha value is -1.81. The van der Waals surface area contributed by atoms with E-state index in [2.05, 4.69) is 36.4 Å². The molecule has 1 aromatic heterocycles. The van der Waals surface area contributed by atoms with Crippen LogP contribution >= 0.6 is 11.6 Å². The normalized spacial score (nSPS) is 12.2. The molecule has 20 heavy (non-hydrogen) atoms. The first-order valence-corrected chi connectivity index (χ1v) is 6.88. The van der Waals surface area contributed by atoms with Crippen molar-refractivity contribution in [2.75, 3.05) is 0 Å². The molecule has 1 atom stereocenters. The van der Waals surface area contributed by atoms with Gasteiger partial charge in [0.1, 0.15) is 6.54 Å². The second kappa shape index (κ2) is 6.09. The average Bonchev–Trinajstić information content (AvgIpc) is 2.77. The van der Waals surface area contributed by atoms with Gasteiger partial charge in [-0.1, -0.05) is 29.8 Å². The van der Waals surface area contributed by atoms with Gasteiger partial charge in [-0.3, -0.25) is 9.48 Å². The topological polar surface area (TPSA) is 46.9 Å². The van der Waals surface area contributed by atoms with Crippen molar-refractivity contribution < 1.29 is 4.79 Å². The number of nitrogens with one attached hydrogen (secondary N) is 1. The number of aryl methyl sites for hydroxylation is 2. The Morgan fingerprint density at radius 3 is 2.75 bits per heavy atom. The Kier molecular flexibility index (Phi) is 4.45. The molecule has 2 rings (SSSR count). The van der Waals surface area contributed by atoms with Gasteiger partial charge in [-0.2, -0.15) is 5.10 Å². The van der Waals surface area contributed by atoms with Gasteiger partial charge in [-0.05, 0) is 37.5 Å². The van der Waals surface area contributed by atoms with Gasteiger partial charge < -0.3 is 5.32 Å². The van der Waals surface area contributed by atoms with E-state index >= 15 is 0 Å². The third kappa shape index (κ3) is 3.61. The number of rotatable bonds is 4. The molecule has 1 unspecified atom stereocenters. The fourth-order valence-corrected chi connectivity index (χ4v) is 2.13. The number of benzene rings is 1. The first-order chi connectivity index (χ1) is 9.45. The molecule has 106 valence electrons. The van der Waals surface area contributed by atoms with E-state index in [1.54, 1.807) is 6.20 Å². The summed E-state index contributed by atoms with van der Waals surface area (Å²) in [4.78, 5) is 11.9. The minimum Gasteiger partial charge on any atom is -0.348 e. The highest BCUT2D eigenvalue weighted by molar-refractivity contribution is 6.30. The Balaban J connectivity index is 1.98. The van der Waals surface area contributed by atoms with Crippen LogP contribution in [0.15, 0.2) is 30.6 Å². The number of nitrogens with zero attached hydrogens (tertiary/aromatic N) is 2. The summed E-state index contributed by atoms with van der Waals surface area (Å²) in [6, 6.07) is 6.18. The summed E-state index contributed by atoms with van der Waals surface area (Å²) < 4.78 is 1.52. The lowest BCUT2D eigenvalue weighted by Crippen LogP contribution is -2.30. The second-order valence-electron chi connectivity index (χ2n) is 4.99. The van der Waals surface area contributed by atoms with Crippen molar-refractivity contribution in [3.05, 3.63) is 52.3 Å². The quantitative estimate of drug-likeness (QED) is 0.941. The maximum absolute atomic E-state index is 11.9. The van der Waals surface area contributed by atoms with Crippen LogP contribution in [0.3, 0.4) is 0 Å². The molecule has 0 aliphatic carbocycles. The van der Waals surface area contributed by atoms with Gasteiger partial charge >= 0.3 is 0 Å². The highest BCUT2D eigenvalue weighted by atomic mass is 35.5. The molecule has 0 radical (unpaired) electrons. The molecule has 0 aliphatic heterocycles. The lowest BCUT2D eigenvalue weighted by atomic mass is 10.0. The van der Waals surface area contributed by atoms with E-state index in [0.29, 0.717) is 5.02 Å². The molecule has 2 aromatic rings. The molecule has 1 aromatic carbocycles. The van der Waals surface area contributed by atoms with E-state index in [0.717, 1.165) is 5.56 Å². The Labute approximate surface area is 123 Å². The average molecular weight is 292 g/mol. The van der Waals surface area contributed by atoms with Crippen LogP contribution < -0.4 is 5.32 Å². The standard InChI is InChI=1S/C15H18ClN3O/c1-10-4-5-13(6-11(10)2)12(3)18-15(20)9-19-8-14(16)7-17-19/h4-8,12H,9H2,1-3H3,(H,18,20). The van der Waals surface area contributed by atoms with Crippen LogP contribution in [0.25, 0.3) is 0 Å². The summed E-state index contributed by atoms with van der Waals surface area (Å²) in [5.74, 6) is -0.0875. The lowest BCUT2D eigenvalue weighted by molar-refractivity contribution is -0.122. The Morgan fingerprint density at radius 1 is 1.40 bits per heavy atom. The lowest BCUT2D eigenvalue weighted by Gasteiger charge is -2.15. The van der Waals surface area contributed by atoms with E-state index in [1.807, 2.05) is 13.0 Å². The molecule has 5 heteroatoms. The van der Waals surface area contributed by atoms with Crippen molar-refractivity contribution >= 4 is 17.5 Å². The maximum Gasteiger partial charge on any atom is 0.242 e. The predicted molar refractivity (Wildman–Crippen MR) is 79.7 cm³/mol. The van der Waals surface area contributed by atoms with E-state index < -0.39 is 0 Å². The molecule has 0 saturated carbocycles. The molecule has 0 saturated heterocycles. The van der Waals surface area contributed by atoms with Crippen molar-refractivity contribution in [1.29, 1.82) is 0 Å². The Bertz CT molecular complexity index is 621. The Morgan fingerprint density at radius 2 is 2.15 bits per heavy atom. The summed E-state index contributed by atoms with van der Waals surface area (Å²) >= 11 is 5.76. The van der Waals surface area contributed by atoms with Crippen LogP contribution in [0.4, 0.5) is 0 Å². The fraction of sp³-hybridized carbons (Fsp3) is 0.333. The summed E-state index contributed by atoms with van der Waals surface area (Å²) in [6.45, 7) is 6.28. The largest absolute Gasteiger partial charge is 0.348 e. The van der Waals surface area contributed by atoms with Crippen LogP contribution in [0, 0.1) is 13.8 Å². The summed E-state index contributed by atoms with van der Waals surface area (Å²) in [6.07, 6.45) is 3.14. The number of carbonyl (C=O) groups excluding carboxylic acids is 1. The van der Waals surface area contributed by atoms with Crippen molar-refractivity contribution in [3.63, 3.8) is 0 Å². The van der Waals surface area contributed by atoms with Gasteiger partial charge in [0.15, 0.2) is 0 Å². The van der Waals surface area contributed by atoms with Gasteiger partial charge in [0.2, 0.25) is 5.91 Å². The van der Waals surface area contributed by atoms with E-state index in [9.17, 15) is 4.79 Å². The van der Waals surface area contributed by atoms with Crippen molar-refractivity contribution in [2.24, 2.45) is 0 Å². The van der Waals surface area contributed by atoms with Gasteiger partial charge in [-0.25, -0.2) is 0 Å². The summed E-state index contributed by atoms with van der Waals surface area (Å²) in [5, 5.41) is 7.47. The number of amides is 1. The molecule has 0 bridgehead atoms. The fourth-order valence-electron chi connectivity index (χ4n) is 1.98. The minimum absolute atomic E-state index is 0.0344. The minimum atomic E-state index is -0.0875.